The number of halogens is 2. The van der Waals surface area contributed by atoms with Crippen molar-refractivity contribution in [1.29, 1.82) is 0 Å². The van der Waals surface area contributed by atoms with Gasteiger partial charge >= 0.3 is 0 Å². The molecule has 2 saturated carbocycles. The van der Waals surface area contributed by atoms with Crippen LogP contribution in [0.15, 0.2) is 0 Å². The fraction of sp³-hybridized carbons (Fsp3) is 1.00. The third-order valence-electron chi connectivity index (χ3n) is 2.68. The number of nitrogens with one attached hydrogen (secondary N) is 1. The van der Waals surface area contributed by atoms with E-state index >= 15 is 0 Å². The standard InChI is InChI=1S/C8H13F2N/c9-7(10)8(3-4-8)5-11-6-1-2-6/h6-7,11H,1-5H2. The summed E-state index contributed by atoms with van der Waals surface area (Å²) in [6.45, 7) is 0.537. The van der Waals surface area contributed by atoms with E-state index in [0.717, 1.165) is 0 Å². The van der Waals surface area contributed by atoms with Gasteiger partial charge in [0, 0.05) is 18.0 Å². The van der Waals surface area contributed by atoms with Gasteiger partial charge in [-0.25, -0.2) is 8.78 Å². The molecule has 0 radical (unpaired) electrons. The molecule has 3 heteroatoms. The molecule has 2 aliphatic carbocycles. The first-order chi connectivity index (χ1) is 5.23. The van der Waals surface area contributed by atoms with E-state index in [0.29, 0.717) is 25.4 Å². The molecule has 0 unspecified atom stereocenters. The Labute approximate surface area is 65.2 Å². The minimum absolute atomic E-state index is 0.537. The zero-order valence-electron chi connectivity index (χ0n) is 6.45. The molecule has 0 bridgehead atoms. The van der Waals surface area contributed by atoms with Crippen molar-refractivity contribution < 1.29 is 8.78 Å². The average molecular weight is 161 g/mol. The smallest absolute Gasteiger partial charge is 0.245 e. The van der Waals surface area contributed by atoms with Gasteiger partial charge in [0.2, 0.25) is 6.43 Å². The first-order valence-electron chi connectivity index (χ1n) is 4.24. The monoisotopic (exact) mass is 161 g/mol. The Balaban J connectivity index is 1.74. The summed E-state index contributed by atoms with van der Waals surface area (Å²) in [5, 5.41) is 3.16. The summed E-state index contributed by atoms with van der Waals surface area (Å²) in [6, 6.07) is 0.561. The van der Waals surface area contributed by atoms with E-state index in [4.69, 9.17) is 0 Å². The number of rotatable bonds is 4. The molecule has 0 aliphatic heterocycles. The van der Waals surface area contributed by atoms with Gasteiger partial charge in [-0.3, -0.25) is 0 Å². The number of hydrogen-bond donors (Lipinski definition) is 1. The molecule has 11 heavy (non-hydrogen) atoms. The Morgan fingerprint density at radius 1 is 1.36 bits per heavy atom. The predicted molar refractivity (Wildman–Crippen MR) is 38.7 cm³/mol. The van der Waals surface area contributed by atoms with Gasteiger partial charge in [-0.1, -0.05) is 0 Å². The van der Waals surface area contributed by atoms with Gasteiger partial charge in [0.05, 0.1) is 0 Å². The lowest BCUT2D eigenvalue weighted by Gasteiger charge is -2.13. The van der Waals surface area contributed by atoms with Gasteiger partial charge in [0.1, 0.15) is 0 Å². The summed E-state index contributed by atoms with van der Waals surface area (Å²) in [5.74, 6) is 0. The molecule has 2 aliphatic rings. The van der Waals surface area contributed by atoms with Crippen molar-refractivity contribution in [1.82, 2.24) is 5.32 Å². The zero-order chi connectivity index (χ0) is 7.90. The van der Waals surface area contributed by atoms with Crippen LogP contribution < -0.4 is 5.32 Å². The van der Waals surface area contributed by atoms with E-state index < -0.39 is 11.8 Å². The Morgan fingerprint density at radius 3 is 2.36 bits per heavy atom. The van der Waals surface area contributed by atoms with E-state index in [2.05, 4.69) is 5.32 Å². The van der Waals surface area contributed by atoms with Crippen LogP contribution in [0.3, 0.4) is 0 Å². The molecule has 64 valence electrons. The van der Waals surface area contributed by atoms with Crippen molar-refractivity contribution in [2.75, 3.05) is 6.54 Å². The summed E-state index contributed by atoms with van der Waals surface area (Å²) in [7, 11) is 0. The van der Waals surface area contributed by atoms with Crippen molar-refractivity contribution in [3.63, 3.8) is 0 Å². The zero-order valence-corrected chi connectivity index (χ0v) is 6.45. The number of hydrogen-bond acceptors (Lipinski definition) is 1. The lowest BCUT2D eigenvalue weighted by atomic mass is 10.1. The maximum absolute atomic E-state index is 12.3. The van der Waals surface area contributed by atoms with Crippen LogP contribution >= 0.6 is 0 Å². The van der Waals surface area contributed by atoms with Gasteiger partial charge in [-0.05, 0) is 25.7 Å². The molecule has 1 nitrogen and oxygen atoms in total. The Kier molecular flexibility index (Phi) is 1.63. The van der Waals surface area contributed by atoms with Crippen LogP contribution in [-0.2, 0) is 0 Å². The van der Waals surface area contributed by atoms with Crippen molar-refractivity contribution in [2.24, 2.45) is 5.41 Å². The second-order valence-electron chi connectivity index (χ2n) is 3.82. The second kappa shape index (κ2) is 2.41. The molecule has 0 aromatic carbocycles. The lowest BCUT2D eigenvalue weighted by Crippen LogP contribution is -2.30. The molecule has 0 heterocycles. The molecule has 0 spiro atoms. The second-order valence-corrected chi connectivity index (χ2v) is 3.82. The van der Waals surface area contributed by atoms with Crippen LogP contribution in [0, 0.1) is 5.41 Å². The SMILES string of the molecule is FC(F)C1(CNC2CC2)CC1. The first kappa shape index (κ1) is 7.47. The third kappa shape index (κ3) is 1.53. The highest BCUT2D eigenvalue weighted by atomic mass is 19.3. The molecule has 0 aromatic heterocycles. The highest BCUT2D eigenvalue weighted by molar-refractivity contribution is 4.98. The Morgan fingerprint density at radius 2 is 2.00 bits per heavy atom. The van der Waals surface area contributed by atoms with E-state index in [1.165, 1.54) is 12.8 Å². The van der Waals surface area contributed by atoms with Crippen molar-refractivity contribution >= 4 is 0 Å². The van der Waals surface area contributed by atoms with Crippen molar-refractivity contribution in [3.05, 3.63) is 0 Å². The van der Waals surface area contributed by atoms with Crippen LogP contribution in [0.2, 0.25) is 0 Å². The van der Waals surface area contributed by atoms with Crippen molar-refractivity contribution in [2.45, 2.75) is 38.2 Å². The largest absolute Gasteiger partial charge is 0.313 e. The molecule has 0 amide bonds. The Hall–Kier alpha value is -0.180. The van der Waals surface area contributed by atoms with Gasteiger partial charge in [0.25, 0.3) is 0 Å². The third-order valence-corrected chi connectivity index (χ3v) is 2.68. The van der Waals surface area contributed by atoms with E-state index in [9.17, 15) is 8.78 Å². The van der Waals surface area contributed by atoms with E-state index in [1.54, 1.807) is 0 Å². The van der Waals surface area contributed by atoms with Crippen LogP contribution in [-0.4, -0.2) is 19.0 Å². The summed E-state index contributed by atoms with van der Waals surface area (Å²) in [5.41, 5.74) is -0.622. The van der Waals surface area contributed by atoms with E-state index in [1.807, 2.05) is 0 Å². The molecular formula is C8H13F2N. The van der Waals surface area contributed by atoms with Crippen LogP contribution in [0.1, 0.15) is 25.7 Å². The van der Waals surface area contributed by atoms with Gasteiger partial charge < -0.3 is 5.32 Å². The summed E-state index contributed by atoms with van der Waals surface area (Å²) in [6.07, 6.45) is 1.67. The van der Waals surface area contributed by atoms with Crippen LogP contribution in [0.25, 0.3) is 0 Å². The van der Waals surface area contributed by atoms with E-state index in [-0.39, 0.29) is 0 Å². The molecule has 0 aromatic rings. The maximum atomic E-state index is 12.3. The molecular weight excluding hydrogens is 148 g/mol. The quantitative estimate of drug-likeness (QED) is 0.662. The fourth-order valence-electron chi connectivity index (χ4n) is 1.27. The molecule has 2 rings (SSSR count). The summed E-state index contributed by atoms with van der Waals surface area (Å²) in [4.78, 5) is 0. The highest BCUT2D eigenvalue weighted by Gasteiger charge is 2.51. The topological polar surface area (TPSA) is 12.0 Å². The minimum atomic E-state index is -2.12. The first-order valence-corrected chi connectivity index (χ1v) is 4.24. The van der Waals surface area contributed by atoms with Crippen LogP contribution in [0.5, 0.6) is 0 Å². The normalized spacial score (nSPS) is 27.5. The average Bonchev–Trinajstić information content (AvgIpc) is 2.82. The maximum Gasteiger partial charge on any atom is 0.245 e. The van der Waals surface area contributed by atoms with Gasteiger partial charge in [0.15, 0.2) is 0 Å². The fourth-order valence-corrected chi connectivity index (χ4v) is 1.27. The molecule has 1 N–H and O–H groups in total. The van der Waals surface area contributed by atoms with Gasteiger partial charge in [-0.2, -0.15) is 0 Å². The minimum Gasteiger partial charge on any atom is -0.313 e. The predicted octanol–water partition coefficient (Wildman–Crippen LogP) is 1.78. The summed E-state index contributed by atoms with van der Waals surface area (Å²) < 4.78 is 24.6. The number of alkyl halides is 2. The highest BCUT2D eigenvalue weighted by Crippen LogP contribution is 2.50. The summed E-state index contributed by atoms with van der Waals surface area (Å²) >= 11 is 0. The van der Waals surface area contributed by atoms with Crippen molar-refractivity contribution in [3.8, 4) is 0 Å². The van der Waals surface area contributed by atoms with Gasteiger partial charge in [-0.15, -0.1) is 0 Å². The molecule has 0 atom stereocenters. The molecule has 0 saturated heterocycles. The Bertz CT molecular complexity index is 150. The lowest BCUT2D eigenvalue weighted by molar-refractivity contribution is 0.0612. The van der Waals surface area contributed by atoms with Crippen LogP contribution in [0.4, 0.5) is 8.78 Å². The molecule has 2 fully saturated rings.